The van der Waals surface area contributed by atoms with Crippen LogP contribution in [0.1, 0.15) is 11.3 Å². The second-order valence-electron chi connectivity index (χ2n) is 5.29. The first kappa shape index (κ1) is 15.4. The number of rotatable bonds is 3. The summed E-state index contributed by atoms with van der Waals surface area (Å²) in [7, 11) is 0. The van der Waals surface area contributed by atoms with Gasteiger partial charge in [0.05, 0.1) is 5.69 Å². The molecule has 2 aromatic carbocycles. The standard InChI is InChI=1S/C19H11FN2O2S/c20-14-8-6-12(7-9-14)17-22-16(19(23)24-17)10-15-11-25-18(21-15)13-4-2-1-3-5-13/h1-11H/b16-10-. The molecule has 0 amide bonds. The van der Waals surface area contributed by atoms with Gasteiger partial charge in [0.25, 0.3) is 0 Å². The van der Waals surface area contributed by atoms with Crippen LogP contribution in [0.4, 0.5) is 4.39 Å². The molecule has 1 aliphatic heterocycles. The molecule has 0 spiro atoms. The van der Waals surface area contributed by atoms with Gasteiger partial charge in [0.1, 0.15) is 10.8 Å². The van der Waals surface area contributed by atoms with Gasteiger partial charge < -0.3 is 4.74 Å². The zero-order valence-corrected chi connectivity index (χ0v) is 13.7. The molecule has 0 saturated carbocycles. The second-order valence-corrected chi connectivity index (χ2v) is 6.14. The number of halogens is 1. The van der Waals surface area contributed by atoms with Gasteiger partial charge >= 0.3 is 5.97 Å². The zero-order chi connectivity index (χ0) is 17.2. The number of cyclic esters (lactones) is 1. The molecule has 0 bridgehead atoms. The molecular formula is C19H11FN2O2S. The minimum atomic E-state index is -0.548. The molecule has 1 aromatic heterocycles. The number of hydrogen-bond acceptors (Lipinski definition) is 5. The molecule has 6 heteroatoms. The molecule has 2 heterocycles. The summed E-state index contributed by atoms with van der Waals surface area (Å²) in [6.07, 6.45) is 1.59. The fourth-order valence-corrected chi connectivity index (χ4v) is 3.11. The molecule has 0 unspecified atom stereocenters. The number of aliphatic imine (C=N–C) groups is 1. The highest BCUT2D eigenvalue weighted by molar-refractivity contribution is 7.13. The van der Waals surface area contributed by atoms with Crippen LogP contribution in [0.25, 0.3) is 16.6 Å². The SMILES string of the molecule is O=C1OC(c2ccc(F)cc2)=N/C1=C\c1csc(-c2ccccc2)n1. The largest absolute Gasteiger partial charge is 0.402 e. The number of nitrogens with zero attached hydrogens (tertiary/aromatic N) is 2. The molecule has 1 aliphatic rings. The monoisotopic (exact) mass is 350 g/mol. The number of thiazole rings is 1. The third kappa shape index (κ3) is 3.25. The summed E-state index contributed by atoms with van der Waals surface area (Å²) < 4.78 is 18.2. The number of aromatic nitrogens is 1. The van der Waals surface area contributed by atoms with Crippen LogP contribution in [0.3, 0.4) is 0 Å². The normalized spacial score (nSPS) is 15.3. The Morgan fingerprint density at radius 3 is 2.52 bits per heavy atom. The summed E-state index contributed by atoms with van der Waals surface area (Å²) in [6.45, 7) is 0. The Morgan fingerprint density at radius 1 is 1.00 bits per heavy atom. The Labute approximate surface area is 147 Å². The Hall–Kier alpha value is -3.12. The van der Waals surface area contributed by atoms with Gasteiger partial charge in [0.2, 0.25) is 5.90 Å². The van der Waals surface area contributed by atoms with E-state index in [9.17, 15) is 9.18 Å². The van der Waals surface area contributed by atoms with E-state index < -0.39 is 5.97 Å². The van der Waals surface area contributed by atoms with Gasteiger partial charge in [-0.15, -0.1) is 11.3 Å². The topological polar surface area (TPSA) is 51.5 Å². The molecule has 0 aliphatic carbocycles. The van der Waals surface area contributed by atoms with E-state index >= 15 is 0 Å². The molecule has 0 N–H and O–H groups in total. The highest BCUT2D eigenvalue weighted by Crippen LogP contribution is 2.25. The maximum atomic E-state index is 13.0. The van der Waals surface area contributed by atoms with Crippen molar-refractivity contribution in [1.82, 2.24) is 4.98 Å². The summed E-state index contributed by atoms with van der Waals surface area (Å²) in [4.78, 5) is 20.7. The van der Waals surface area contributed by atoms with Crippen LogP contribution >= 0.6 is 11.3 Å². The maximum Gasteiger partial charge on any atom is 0.363 e. The lowest BCUT2D eigenvalue weighted by Crippen LogP contribution is -2.05. The van der Waals surface area contributed by atoms with E-state index in [1.807, 2.05) is 35.7 Å². The van der Waals surface area contributed by atoms with Crippen molar-refractivity contribution < 1.29 is 13.9 Å². The highest BCUT2D eigenvalue weighted by atomic mass is 32.1. The number of esters is 1. The number of carbonyl (C=O) groups is 1. The Bertz CT molecular complexity index is 992. The molecule has 25 heavy (non-hydrogen) atoms. The number of hydrogen-bond donors (Lipinski definition) is 0. The predicted octanol–water partition coefficient (Wildman–Crippen LogP) is 4.29. The average Bonchev–Trinajstić information content (AvgIpc) is 3.24. The second kappa shape index (κ2) is 6.41. The quantitative estimate of drug-likeness (QED) is 0.523. The lowest BCUT2D eigenvalue weighted by Gasteiger charge is -1.98. The molecule has 0 radical (unpaired) electrons. The lowest BCUT2D eigenvalue weighted by atomic mass is 10.2. The van der Waals surface area contributed by atoms with E-state index in [1.54, 1.807) is 6.08 Å². The van der Waals surface area contributed by atoms with E-state index in [-0.39, 0.29) is 17.4 Å². The van der Waals surface area contributed by atoms with Crippen LogP contribution in [0.15, 0.2) is 70.7 Å². The first-order valence-electron chi connectivity index (χ1n) is 7.48. The van der Waals surface area contributed by atoms with Crippen molar-refractivity contribution in [1.29, 1.82) is 0 Å². The van der Waals surface area contributed by atoms with Gasteiger partial charge in [-0.25, -0.2) is 19.2 Å². The molecule has 0 saturated heterocycles. The fraction of sp³-hybridized carbons (Fsp3) is 0. The molecule has 3 aromatic rings. The summed E-state index contributed by atoms with van der Waals surface area (Å²) in [5.74, 6) is -0.747. The van der Waals surface area contributed by atoms with Crippen molar-refractivity contribution in [2.45, 2.75) is 0 Å². The molecule has 0 fully saturated rings. The van der Waals surface area contributed by atoms with Crippen molar-refractivity contribution in [2.24, 2.45) is 4.99 Å². The van der Waals surface area contributed by atoms with E-state index in [2.05, 4.69) is 9.98 Å². The Morgan fingerprint density at radius 2 is 1.76 bits per heavy atom. The van der Waals surface area contributed by atoms with Crippen LogP contribution in [0, 0.1) is 5.82 Å². The van der Waals surface area contributed by atoms with Crippen molar-refractivity contribution in [3.63, 3.8) is 0 Å². The lowest BCUT2D eigenvalue weighted by molar-refractivity contribution is -0.129. The summed E-state index contributed by atoms with van der Waals surface area (Å²) in [6, 6.07) is 15.4. The minimum absolute atomic E-state index is 0.162. The predicted molar refractivity (Wildman–Crippen MR) is 94.6 cm³/mol. The Balaban J connectivity index is 1.62. The van der Waals surface area contributed by atoms with Crippen molar-refractivity contribution in [2.75, 3.05) is 0 Å². The third-order valence-corrected chi connectivity index (χ3v) is 4.45. The van der Waals surface area contributed by atoms with E-state index in [1.165, 1.54) is 35.6 Å². The zero-order valence-electron chi connectivity index (χ0n) is 12.8. The van der Waals surface area contributed by atoms with Gasteiger partial charge in [0, 0.05) is 16.5 Å². The van der Waals surface area contributed by atoms with Crippen molar-refractivity contribution >= 4 is 29.3 Å². The van der Waals surface area contributed by atoms with Crippen LogP contribution < -0.4 is 0 Å². The van der Waals surface area contributed by atoms with Gasteiger partial charge in [-0.2, -0.15) is 0 Å². The number of benzene rings is 2. The van der Waals surface area contributed by atoms with E-state index in [4.69, 9.17) is 4.74 Å². The Kier molecular flexibility index (Phi) is 3.95. The van der Waals surface area contributed by atoms with Crippen LogP contribution in [-0.4, -0.2) is 16.9 Å². The third-order valence-electron chi connectivity index (χ3n) is 3.54. The van der Waals surface area contributed by atoms with Crippen LogP contribution in [-0.2, 0) is 9.53 Å². The molecule has 122 valence electrons. The number of ether oxygens (including phenoxy) is 1. The van der Waals surface area contributed by atoms with Crippen LogP contribution in [0.2, 0.25) is 0 Å². The number of carbonyl (C=O) groups excluding carboxylic acids is 1. The first-order valence-corrected chi connectivity index (χ1v) is 8.36. The van der Waals surface area contributed by atoms with Crippen LogP contribution in [0.5, 0.6) is 0 Å². The van der Waals surface area contributed by atoms with Gasteiger partial charge in [0.15, 0.2) is 5.70 Å². The van der Waals surface area contributed by atoms with E-state index in [0.717, 1.165) is 10.6 Å². The average molecular weight is 350 g/mol. The highest BCUT2D eigenvalue weighted by Gasteiger charge is 2.24. The summed E-state index contributed by atoms with van der Waals surface area (Å²) >= 11 is 1.49. The summed E-state index contributed by atoms with van der Waals surface area (Å²) in [5, 5.41) is 2.72. The van der Waals surface area contributed by atoms with Crippen molar-refractivity contribution in [3.05, 3.63) is 82.7 Å². The maximum absolute atomic E-state index is 13.0. The fourth-order valence-electron chi connectivity index (χ4n) is 2.33. The van der Waals surface area contributed by atoms with Crippen molar-refractivity contribution in [3.8, 4) is 10.6 Å². The van der Waals surface area contributed by atoms with Gasteiger partial charge in [-0.3, -0.25) is 0 Å². The van der Waals surface area contributed by atoms with Gasteiger partial charge in [-0.05, 0) is 30.3 Å². The molecule has 0 atom stereocenters. The summed E-state index contributed by atoms with van der Waals surface area (Å²) in [5.41, 5.74) is 2.37. The minimum Gasteiger partial charge on any atom is -0.402 e. The molecule has 4 nitrogen and oxygen atoms in total. The smallest absolute Gasteiger partial charge is 0.363 e. The molecule has 4 rings (SSSR count). The first-order chi connectivity index (χ1) is 12.2. The van der Waals surface area contributed by atoms with Gasteiger partial charge in [-0.1, -0.05) is 30.3 Å². The van der Waals surface area contributed by atoms with E-state index in [0.29, 0.717) is 11.3 Å². The molecular weight excluding hydrogens is 339 g/mol.